The van der Waals surface area contributed by atoms with Crippen molar-refractivity contribution in [2.24, 2.45) is 5.73 Å². The van der Waals surface area contributed by atoms with Gasteiger partial charge in [-0.2, -0.15) is 0 Å². The van der Waals surface area contributed by atoms with Crippen LogP contribution in [0.4, 0.5) is 0 Å². The van der Waals surface area contributed by atoms with Gasteiger partial charge in [-0.1, -0.05) is 60.7 Å². The van der Waals surface area contributed by atoms with Crippen LogP contribution in [0.5, 0.6) is 0 Å². The SMILES string of the molecule is N[C@H](CC(=O)c1ccccc1)c1ccccc1. The fourth-order valence-electron chi connectivity index (χ4n) is 1.76. The van der Waals surface area contributed by atoms with Crippen molar-refractivity contribution >= 4 is 5.78 Å². The minimum absolute atomic E-state index is 0.0851. The molecule has 2 N–H and O–H groups in total. The van der Waals surface area contributed by atoms with Crippen LogP contribution in [0.15, 0.2) is 60.7 Å². The molecule has 0 aromatic heterocycles. The molecule has 0 heterocycles. The number of ketones is 1. The van der Waals surface area contributed by atoms with Crippen LogP contribution in [-0.4, -0.2) is 5.78 Å². The third-order valence-electron chi connectivity index (χ3n) is 2.73. The Labute approximate surface area is 101 Å². The topological polar surface area (TPSA) is 43.1 Å². The smallest absolute Gasteiger partial charge is 0.164 e. The molecule has 0 saturated heterocycles. The predicted molar refractivity (Wildman–Crippen MR) is 68.8 cm³/mol. The normalized spacial score (nSPS) is 12.1. The zero-order valence-electron chi connectivity index (χ0n) is 9.54. The summed E-state index contributed by atoms with van der Waals surface area (Å²) in [5, 5.41) is 0. The molecule has 0 unspecified atom stereocenters. The fraction of sp³-hybridized carbons (Fsp3) is 0.133. The summed E-state index contributed by atoms with van der Waals surface area (Å²) in [6, 6.07) is 18.7. The molecule has 0 saturated carbocycles. The second-order valence-corrected chi connectivity index (χ2v) is 4.01. The minimum Gasteiger partial charge on any atom is -0.324 e. The van der Waals surface area contributed by atoms with Crippen molar-refractivity contribution in [3.8, 4) is 0 Å². The van der Waals surface area contributed by atoms with Crippen LogP contribution < -0.4 is 5.73 Å². The first kappa shape index (κ1) is 11.6. The summed E-state index contributed by atoms with van der Waals surface area (Å²) in [5.74, 6) is 0.0851. The Bertz CT molecular complexity index is 479. The largest absolute Gasteiger partial charge is 0.324 e. The van der Waals surface area contributed by atoms with Crippen LogP contribution in [-0.2, 0) is 0 Å². The molecule has 86 valence electrons. The zero-order valence-corrected chi connectivity index (χ0v) is 9.54. The van der Waals surface area contributed by atoms with E-state index >= 15 is 0 Å². The average molecular weight is 225 g/mol. The highest BCUT2D eigenvalue weighted by Gasteiger charge is 2.12. The lowest BCUT2D eigenvalue weighted by molar-refractivity contribution is 0.0974. The van der Waals surface area contributed by atoms with Gasteiger partial charge in [0.15, 0.2) is 5.78 Å². The van der Waals surface area contributed by atoms with Crippen LogP contribution in [0.25, 0.3) is 0 Å². The second kappa shape index (κ2) is 5.41. The molecule has 2 rings (SSSR count). The lowest BCUT2D eigenvalue weighted by Gasteiger charge is -2.10. The van der Waals surface area contributed by atoms with Crippen molar-refractivity contribution in [3.05, 3.63) is 71.8 Å². The number of rotatable bonds is 4. The predicted octanol–water partition coefficient (Wildman–Crippen LogP) is 2.96. The standard InChI is InChI=1S/C15H15NO/c16-14(12-7-3-1-4-8-12)11-15(17)13-9-5-2-6-10-13/h1-10,14H,11,16H2/t14-/m1/s1. The van der Waals surface area contributed by atoms with E-state index in [-0.39, 0.29) is 11.8 Å². The lowest BCUT2D eigenvalue weighted by atomic mass is 9.99. The van der Waals surface area contributed by atoms with E-state index in [4.69, 9.17) is 5.73 Å². The van der Waals surface area contributed by atoms with Gasteiger partial charge >= 0.3 is 0 Å². The molecule has 0 aliphatic rings. The molecule has 0 aliphatic carbocycles. The van der Waals surface area contributed by atoms with Crippen molar-refractivity contribution in [3.63, 3.8) is 0 Å². The molecule has 0 amide bonds. The third kappa shape index (κ3) is 3.02. The van der Waals surface area contributed by atoms with E-state index in [1.807, 2.05) is 60.7 Å². The molecule has 0 spiro atoms. The summed E-state index contributed by atoms with van der Waals surface area (Å²) < 4.78 is 0. The van der Waals surface area contributed by atoms with Crippen LogP contribution in [0, 0.1) is 0 Å². The number of Topliss-reactive ketones (excluding diaryl/α,β-unsaturated/α-hetero) is 1. The first-order valence-electron chi connectivity index (χ1n) is 5.66. The number of carbonyl (C=O) groups is 1. The highest BCUT2D eigenvalue weighted by atomic mass is 16.1. The maximum atomic E-state index is 11.9. The fourth-order valence-corrected chi connectivity index (χ4v) is 1.76. The monoisotopic (exact) mass is 225 g/mol. The Hall–Kier alpha value is -1.93. The van der Waals surface area contributed by atoms with E-state index in [0.717, 1.165) is 11.1 Å². The molecule has 2 nitrogen and oxygen atoms in total. The summed E-state index contributed by atoms with van der Waals surface area (Å²) in [6.07, 6.45) is 0.341. The van der Waals surface area contributed by atoms with Gasteiger partial charge in [0.2, 0.25) is 0 Å². The van der Waals surface area contributed by atoms with Crippen LogP contribution in [0.2, 0.25) is 0 Å². The van der Waals surface area contributed by atoms with Gasteiger partial charge in [-0.15, -0.1) is 0 Å². The van der Waals surface area contributed by atoms with Crippen LogP contribution >= 0.6 is 0 Å². The van der Waals surface area contributed by atoms with Crippen molar-refractivity contribution < 1.29 is 4.79 Å². The van der Waals surface area contributed by atoms with E-state index < -0.39 is 0 Å². The van der Waals surface area contributed by atoms with Gasteiger partial charge in [-0.25, -0.2) is 0 Å². The average Bonchev–Trinajstić information content (AvgIpc) is 2.40. The summed E-state index contributed by atoms with van der Waals surface area (Å²) >= 11 is 0. The number of hydrogen-bond acceptors (Lipinski definition) is 2. The molecular formula is C15H15NO. The first-order valence-corrected chi connectivity index (χ1v) is 5.66. The number of carbonyl (C=O) groups excluding carboxylic acids is 1. The van der Waals surface area contributed by atoms with E-state index in [9.17, 15) is 4.79 Å². The molecule has 1 atom stereocenters. The molecule has 0 aliphatic heterocycles. The molecule has 2 heteroatoms. The lowest BCUT2D eigenvalue weighted by Crippen LogP contribution is -2.15. The van der Waals surface area contributed by atoms with Gasteiger partial charge in [0.05, 0.1) is 0 Å². The van der Waals surface area contributed by atoms with E-state index in [1.165, 1.54) is 0 Å². The number of benzene rings is 2. The number of hydrogen-bond donors (Lipinski definition) is 1. The number of nitrogens with two attached hydrogens (primary N) is 1. The minimum atomic E-state index is -0.232. The molecular weight excluding hydrogens is 210 g/mol. The maximum absolute atomic E-state index is 11.9. The van der Waals surface area contributed by atoms with Gasteiger partial charge in [0.25, 0.3) is 0 Å². The van der Waals surface area contributed by atoms with Crippen molar-refractivity contribution in [2.45, 2.75) is 12.5 Å². The summed E-state index contributed by atoms with van der Waals surface area (Å²) in [5.41, 5.74) is 7.73. The molecule has 2 aromatic carbocycles. The Morgan fingerprint density at radius 1 is 0.941 bits per heavy atom. The maximum Gasteiger partial charge on any atom is 0.164 e. The van der Waals surface area contributed by atoms with Gasteiger partial charge in [0, 0.05) is 18.0 Å². The Balaban J connectivity index is 2.05. The summed E-state index contributed by atoms with van der Waals surface area (Å²) in [6.45, 7) is 0. The van der Waals surface area contributed by atoms with Crippen molar-refractivity contribution in [1.82, 2.24) is 0 Å². The Kier molecular flexibility index (Phi) is 3.68. The highest BCUT2D eigenvalue weighted by Crippen LogP contribution is 2.16. The third-order valence-corrected chi connectivity index (χ3v) is 2.73. The van der Waals surface area contributed by atoms with Crippen molar-refractivity contribution in [2.75, 3.05) is 0 Å². The summed E-state index contributed by atoms with van der Waals surface area (Å²) in [4.78, 5) is 11.9. The van der Waals surface area contributed by atoms with Gasteiger partial charge < -0.3 is 5.73 Å². The van der Waals surface area contributed by atoms with E-state index in [0.29, 0.717) is 6.42 Å². The van der Waals surface area contributed by atoms with Crippen LogP contribution in [0.3, 0.4) is 0 Å². The van der Waals surface area contributed by atoms with Crippen molar-refractivity contribution in [1.29, 1.82) is 0 Å². The highest BCUT2D eigenvalue weighted by molar-refractivity contribution is 5.96. The van der Waals surface area contributed by atoms with Gasteiger partial charge in [-0.3, -0.25) is 4.79 Å². The Morgan fingerprint density at radius 3 is 2.06 bits per heavy atom. The first-order chi connectivity index (χ1) is 8.27. The van der Waals surface area contributed by atoms with Gasteiger partial charge in [0.1, 0.15) is 0 Å². The molecule has 17 heavy (non-hydrogen) atoms. The molecule has 0 bridgehead atoms. The molecule has 0 fully saturated rings. The molecule has 2 aromatic rings. The second-order valence-electron chi connectivity index (χ2n) is 4.01. The zero-order chi connectivity index (χ0) is 12.1. The van der Waals surface area contributed by atoms with E-state index in [2.05, 4.69) is 0 Å². The van der Waals surface area contributed by atoms with E-state index in [1.54, 1.807) is 0 Å². The molecule has 0 radical (unpaired) electrons. The van der Waals surface area contributed by atoms with Gasteiger partial charge in [-0.05, 0) is 5.56 Å². The Morgan fingerprint density at radius 2 is 1.47 bits per heavy atom. The summed E-state index contributed by atoms with van der Waals surface area (Å²) in [7, 11) is 0. The quantitative estimate of drug-likeness (QED) is 0.813. The van der Waals surface area contributed by atoms with Crippen LogP contribution in [0.1, 0.15) is 28.4 Å².